The highest BCUT2D eigenvalue weighted by Crippen LogP contribution is 2.28. The molecule has 0 fully saturated rings. The first-order valence-corrected chi connectivity index (χ1v) is 8.05. The Morgan fingerprint density at radius 3 is 2.67 bits per heavy atom. The summed E-state index contributed by atoms with van der Waals surface area (Å²) >= 11 is 11.9. The molecule has 3 aromatic rings. The van der Waals surface area contributed by atoms with Crippen LogP contribution in [0.3, 0.4) is 0 Å². The zero-order chi connectivity index (χ0) is 17.1. The lowest BCUT2D eigenvalue weighted by molar-refractivity contribution is -0.118. The number of amides is 1. The molecule has 0 aliphatic rings. The van der Waals surface area contributed by atoms with Gasteiger partial charge in [0.15, 0.2) is 0 Å². The highest BCUT2D eigenvalue weighted by Gasteiger charge is 2.21. The summed E-state index contributed by atoms with van der Waals surface area (Å²) in [6, 6.07) is 12.5. The van der Waals surface area contributed by atoms with Crippen LogP contribution in [0.2, 0.25) is 10.0 Å². The molecular weight excluding hydrogens is 347 g/mol. The topological polar surface area (TPSA) is 62.2 Å². The fourth-order valence-electron chi connectivity index (χ4n) is 2.50. The summed E-state index contributed by atoms with van der Waals surface area (Å²) in [5, 5.41) is 15.0. The molecule has 24 heavy (non-hydrogen) atoms. The summed E-state index contributed by atoms with van der Waals surface area (Å²) in [6.07, 6.45) is 3.32. The number of halogens is 2. The summed E-state index contributed by atoms with van der Waals surface area (Å²) in [7, 11) is 0. The number of aliphatic hydroxyl groups excluding tert-OH is 1. The van der Waals surface area contributed by atoms with Crippen LogP contribution >= 0.6 is 23.2 Å². The van der Waals surface area contributed by atoms with Gasteiger partial charge in [-0.25, -0.2) is 0 Å². The van der Waals surface area contributed by atoms with Crippen molar-refractivity contribution in [2.45, 2.75) is 5.92 Å². The number of rotatable bonds is 4. The van der Waals surface area contributed by atoms with Gasteiger partial charge in [0.2, 0.25) is 5.91 Å². The normalized spacial score (nSPS) is 12.1. The summed E-state index contributed by atoms with van der Waals surface area (Å²) in [5.74, 6) is -1.09. The van der Waals surface area contributed by atoms with Crippen molar-refractivity contribution in [3.05, 3.63) is 70.5 Å². The Bertz CT molecular complexity index is 894. The average Bonchev–Trinajstić information content (AvgIpc) is 2.59. The van der Waals surface area contributed by atoms with Crippen molar-refractivity contribution in [3.8, 4) is 0 Å². The molecule has 2 aromatic carbocycles. The fraction of sp³-hybridized carbons (Fsp3) is 0.111. The molecule has 1 unspecified atom stereocenters. The zero-order valence-electron chi connectivity index (χ0n) is 12.5. The molecule has 0 aliphatic carbocycles. The number of carbonyl (C=O) groups excluding carboxylic acids is 1. The number of anilines is 1. The molecule has 1 heterocycles. The van der Waals surface area contributed by atoms with E-state index in [9.17, 15) is 9.90 Å². The SMILES string of the molecule is O=C(Nc1cncc2ccccc12)C(CO)c1ccc(Cl)c(Cl)c1. The minimum absolute atomic E-state index is 0.339. The van der Waals surface area contributed by atoms with E-state index in [0.717, 1.165) is 10.8 Å². The Balaban J connectivity index is 1.90. The number of fused-ring (bicyclic) bond motifs is 1. The van der Waals surface area contributed by atoms with E-state index in [-0.39, 0.29) is 12.5 Å². The van der Waals surface area contributed by atoms with E-state index in [2.05, 4.69) is 10.3 Å². The first kappa shape index (κ1) is 16.7. The molecule has 1 aromatic heterocycles. The van der Waals surface area contributed by atoms with Crippen molar-refractivity contribution < 1.29 is 9.90 Å². The number of aliphatic hydroxyl groups is 1. The van der Waals surface area contributed by atoms with Crippen LogP contribution in [-0.2, 0) is 4.79 Å². The number of hydrogen-bond acceptors (Lipinski definition) is 3. The van der Waals surface area contributed by atoms with Crippen LogP contribution in [0.4, 0.5) is 5.69 Å². The van der Waals surface area contributed by atoms with E-state index in [0.29, 0.717) is 21.3 Å². The van der Waals surface area contributed by atoms with Gasteiger partial charge in [-0.15, -0.1) is 0 Å². The molecular formula is C18H14Cl2N2O2. The number of nitrogens with one attached hydrogen (secondary N) is 1. The Kier molecular flexibility index (Phi) is 5.00. The molecule has 0 bridgehead atoms. The average molecular weight is 361 g/mol. The van der Waals surface area contributed by atoms with Gasteiger partial charge < -0.3 is 10.4 Å². The number of pyridine rings is 1. The molecule has 4 nitrogen and oxygen atoms in total. The molecule has 0 saturated carbocycles. The van der Waals surface area contributed by atoms with Crippen molar-refractivity contribution in [3.63, 3.8) is 0 Å². The maximum absolute atomic E-state index is 12.6. The Morgan fingerprint density at radius 1 is 1.12 bits per heavy atom. The minimum atomic E-state index is -0.751. The van der Waals surface area contributed by atoms with E-state index in [1.165, 1.54) is 0 Å². The molecule has 0 aliphatic heterocycles. The molecule has 3 rings (SSSR count). The summed E-state index contributed by atoms with van der Waals surface area (Å²) < 4.78 is 0. The van der Waals surface area contributed by atoms with E-state index in [1.54, 1.807) is 30.6 Å². The summed E-state index contributed by atoms with van der Waals surface area (Å²) in [5.41, 5.74) is 1.19. The van der Waals surface area contributed by atoms with Crippen LogP contribution in [0.15, 0.2) is 54.9 Å². The molecule has 1 atom stereocenters. The van der Waals surface area contributed by atoms with Gasteiger partial charge in [-0.2, -0.15) is 0 Å². The van der Waals surface area contributed by atoms with Crippen LogP contribution in [0.25, 0.3) is 10.8 Å². The van der Waals surface area contributed by atoms with Gasteiger partial charge in [0.05, 0.1) is 34.5 Å². The van der Waals surface area contributed by atoms with Crippen molar-refractivity contribution in [1.29, 1.82) is 0 Å². The third kappa shape index (κ3) is 3.36. The number of hydrogen-bond donors (Lipinski definition) is 2. The smallest absolute Gasteiger partial charge is 0.234 e. The van der Waals surface area contributed by atoms with Gasteiger partial charge >= 0.3 is 0 Å². The Labute approximate surface area is 149 Å². The lowest BCUT2D eigenvalue weighted by Gasteiger charge is -2.16. The second-order valence-corrected chi connectivity index (χ2v) is 6.12. The summed E-state index contributed by atoms with van der Waals surface area (Å²) in [4.78, 5) is 16.7. The quantitative estimate of drug-likeness (QED) is 0.730. The molecule has 6 heteroatoms. The van der Waals surface area contributed by atoms with Crippen molar-refractivity contribution >= 4 is 45.6 Å². The maximum atomic E-state index is 12.6. The van der Waals surface area contributed by atoms with E-state index in [1.807, 2.05) is 24.3 Å². The van der Waals surface area contributed by atoms with Gasteiger partial charge in [0, 0.05) is 17.0 Å². The van der Waals surface area contributed by atoms with Crippen LogP contribution in [0.1, 0.15) is 11.5 Å². The Morgan fingerprint density at radius 2 is 1.92 bits per heavy atom. The number of carbonyl (C=O) groups is 1. The first-order valence-electron chi connectivity index (χ1n) is 7.29. The van der Waals surface area contributed by atoms with Crippen LogP contribution < -0.4 is 5.32 Å². The number of benzene rings is 2. The summed E-state index contributed by atoms with van der Waals surface area (Å²) in [6.45, 7) is -0.345. The predicted octanol–water partition coefficient (Wildman–Crippen LogP) is 4.26. The van der Waals surface area contributed by atoms with Crippen molar-refractivity contribution in [2.75, 3.05) is 11.9 Å². The van der Waals surface area contributed by atoms with Gasteiger partial charge in [0.1, 0.15) is 0 Å². The van der Waals surface area contributed by atoms with Gasteiger partial charge in [-0.1, -0.05) is 53.5 Å². The highest BCUT2D eigenvalue weighted by molar-refractivity contribution is 6.42. The van der Waals surface area contributed by atoms with Crippen molar-refractivity contribution in [1.82, 2.24) is 4.98 Å². The molecule has 2 N–H and O–H groups in total. The fourth-order valence-corrected chi connectivity index (χ4v) is 2.81. The maximum Gasteiger partial charge on any atom is 0.234 e. The zero-order valence-corrected chi connectivity index (χ0v) is 14.1. The van der Waals surface area contributed by atoms with E-state index in [4.69, 9.17) is 23.2 Å². The van der Waals surface area contributed by atoms with Crippen LogP contribution in [0, 0.1) is 0 Å². The lowest BCUT2D eigenvalue weighted by Crippen LogP contribution is -2.24. The third-order valence-corrected chi connectivity index (χ3v) is 4.51. The second-order valence-electron chi connectivity index (χ2n) is 5.31. The van der Waals surface area contributed by atoms with Gasteiger partial charge in [-0.05, 0) is 17.7 Å². The molecule has 1 amide bonds. The molecule has 0 spiro atoms. The highest BCUT2D eigenvalue weighted by atomic mass is 35.5. The third-order valence-electron chi connectivity index (χ3n) is 3.77. The first-order chi connectivity index (χ1) is 11.6. The van der Waals surface area contributed by atoms with Gasteiger partial charge in [0.25, 0.3) is 0 Å². The van der Waals surface area contributed by atoms with Crippen LogP contribution in [-0.4, -0.2) is 22.6 Å². The lowest BCUT2D eigenvalue weighted by atomic mass is 9.99. The second kappa shape index (κ2) is 7.18. The molecule has 122 valence electrons. The predicted molar refractivity (Wildman–Crippen MR) is 96.7 cm³/mol. The van der Waals surface area contributed by atoms with Gasteiger partial charge in [-0.3, -0.25) is 9.78 Å². The number of nitrogens with zero attached hydrogens (tertiary/aromatic N) is 1. The van der Waals surface area contributed by atoms with Crippen molar-refractivity contribution in [2.24, 2.45) is 0 Å². The minimum Gasteiger partial charge on any atom is -0.395 e. The Hall–Kier alpha value is -2.14. The largest absolute Gasteiger partial charge is 0.395 e. The van der Waals surface area contributed by atoms with Crippen LogP contribution in [0.5, 0.6) is 0 Å². The monoisotopic (exact) mass is 360 g/mol. The standard InChI is InChI=1S/C18H14Cl2N2O2/c19-15-6-5-11(7-16(15)20)14(10-23)18(24)22-17-9-21-8-12-3-1-2-4-13(12)17/h1-9,14,23H,10H2,(H,22,24). The molecule has 0 saturated heterocycles. The van der Waals surface area contributed by atoms with E-state index >= 15 is 0 Å². The van der Waals surface area contributed by atoms with E-state index < -0.39 is 5.92 Å². The molecule has 0 radical (unpaired) electrons. The number of aromatic nitrogens is 1.